The van der Waals surface area contributed by atoms with E-state index in [4.69, 9.17) is 11.6 Å². The molecular weight excluding hydrogens is 358 g/mol. The topological polar surface area (TPSA) is 62.3 Å². The van der Waals surface area contributed by atoms with Crippen LogP contribution in [0.3, 0.4) is 0 Å². The number of aromatic nitrogens is 1. The highest BCUT2D eigenvalue weighted by molar-refractivity contribution is 7.13. The number of nitrogens with zero attached hydrogens (tertiary/aromatic N) is 2. The molecule has 1 aromatic carbocycles. The Bertz CT molecular complexity index is 801. The molecule has 5 nitrogen and oxygen atoms in total. The van der Waals surface area contributed by atoms with Crippen molar-refractivity contribution in [1.82, 2.24) is 15.2 Å². The van der Waals surface area contributed by atoms with E-state index in [-0.39, 0.29) is 17.9 Å². The highest BCUT2D eigenvalue weighted by Gasteiger charge is 2.37. The highest BCUT2D eigenvalue weighted by Crippen LogP contribution is 2.28. The molecular formula is C18H18ClN3O2S. The van der Waals surface area contributed by atoms with Crippen LogP contribution in [0, 0.1) is 0 Å². The zero-order chi connectivity index (χ0) is 17.4. The molecule has 1 saturated carbocycles. The summed E-state index contributed by atoms with van der Waals surface area (Å²) >= 11 is 7.33. The summed E-state index contributed by atoms with van der Waals surface area (Å²) in [4.78, 5) is 31.3. The van der Waals surface area contributed by atoms with Gasteiger partial charge in [-0.1, -0.05) is 23.7 Å². The van der Waals surface area contributed by atoms with Gasteiger partial charge in [0.2, 0.25) is 5.91 Å². The molecule has 130 valence electrons. The first-order valence-electron chi connectivity index (χ1n) is 8.44. The van der Waals surface area contributed by atoms with Crippen molar-refractivity contribution in [3.8, 4) is 10.6 Å². The smallest absolute Gasteiger partial charge is 0.274 e. The number of benzene rings is 1. The predicted molar refractivity (Wildman–Crippen MR) is 97.8 cm³/mol. The van der Waals surface area contributed by atoms with E-state index in [1.807, 2.05) is 12.1 Å². The van der Waals surface area contributed by atoms with Crippen LogP contribution < -0.4 is 5.32 Å². The number of carbonyl (C=O) groups is 2. The van der Waals surface area contributed by atoms with E-state index in [0.29, 0.717) is 23.3 Å². The Morgan fingerprint density at radius 1 is 1.20 bits per heavy atom. The van der Waals surface area contributed by atoms with Crippen LogP contribution in [0.2, 0.25) is 5.02 Å². The van der Waals surface area contributed by atoms with Crippen molar-refractivity contribution in [2.24, 2.45) is 0 Å². The first-order chi connectivity index (χ1) is 12.1. The maximum Gasteiger partial charge on any atom is 0.274 e. The second-order valence-electron chi connectivity index (χ2n) is 6.48. The zero-order valence-corrected chi connectivity index (χ0v) is 15.1. The fourth-order valence-corrected chi connectivity index (χ4v) is 3.98. The Kier molecular flexibility index (Phi) is 4.48. The Hall–Kier alpha value is -1.92. The number of carbonyl (C=O) groups excluding carboxylic acids is 2. The molecule has 1 aliphatic carbocycles. The average Bonchev–Trinajstić information content (AvgIpc) is 3.12. The number of amides is 2. The van der Waals surface area contributed by atoms with Crippen molar-refractivity contribution >= 4 is 34.8 Å². The van der Waals surface area contributed by atoms with Gasteiger partial charge in [-0.3, -0.25) is 9.59 Å². The van der Waals surface area contributed by atoms with E-state index in [9.17, 15) is 9.59 Å². The van der Waals surface area contributed by atoms with Crippen LogP contribution in [0.25, 0.3) is 10.6 Å². The third kappa shape index (κ3) is 3.55. The molecule has 1 saturated heterocycles. The molecule has 2 amide bonds. The Balaban J connectivity index is 1.50. The van der Waals surface area contributed by atoms with E-state index < -0.39 is 0 Å². The van der Waals surface area contributed by atoms with Crippen molar-refractivity contribution in [3.63, 3.8) is 0 Å². The van der Waals surface area contributed by atoms with Gasteiger partial charge in [0.15, 0.2) is 0 Å². The lowest BCUT2D eigenvalue weighted by Gasteiger charge is -2.23. The molecule has 1 aliphatic heterocycles. The summed E-state index contributed by atoms with van der Waals surface area (Å²) in [7, 11) is 0. The van der Waals surface area contributed by atoms with Gasteiger partial charge in [-0.15, -0.1) is 11.3 Å². The summed E-state index contributed by atoms with van der Waals surface area (Å²) in [5, 5.41) is 6.21. The molecule has 1 N–H and O–H groups in total. The van der Waals surface area contributed by atoms with Gasteiger partial charge in [-0.2, -0.15) is 0 Å². The third-order valence-corrected chi connectivity index (χ3v) is 5.70. The Morgan fingerprint density at radius 3 is 2.68 bits per heavy atom. The number of nitrogens with one attached hydrogen (secondary N) is 1. The molecule has 2 heterocycles. The molecule has 0 bridgehead atoms. The molecule has 1 atom stereocenters. The van der Waals surface area contributed by atoms with Gasteiger partial charge in [0.25, 0.3) is 5.91 Å². The first-order valence-corrected chi connectivity index (χ1v) is 9.70. The van der Waals surface area contributed by atoms with E-state index in [2.05, 4.69) is 10.3 Å². The normalized spacial score (nSPS) is 19.9. The van der Waals surface area contributed by atoms with Crippen LogP contribution in [-0.2, 0) is 4.79 Å². The van der Waals surface area contributed by atoms with Crippen molar-refractivity contribution in [2.45, 2.75) is 37.8 Å². The Morgan fingerprint density at radius 2 is 1.96 bits per heavy atom. The predicted octanol–water partition coefficient (Wildman–Crippen LogP) is 3.35. The van der Waals surface area contributed by atoms with Crippen molar-refractivity contribution in [2.75, 3.05) is 6.54 Å². The first kappa shape index (κ1) is 16.5. The van der Waals surface area contributed by atoms with Crippen LogP contribution in [0.4, 0.5) is 0 Å². The summed E-state index contributed by atoms with van der Waals surface area (Å²) in [6.45, 7) is 0.607. The molecule has 1 aromatic heterocycles. The number of hydrogen-bond donors (Lipinski definition) is 1. The molecule has 0 spiro atoms. The summed E-state index contributed by atoms with van der Waals surface area (Å²) < 4.78 is 0. The number of thiazole rings is 1. The minimum atomic E-state index is -0.367. The maximum absolute atomic E-state index is 12.8. The summed E-state index contributed by atoms with van der Waals surface area (Å²) in [5.41, 5.74) is 1.33. The minimum absolute atomic E-state index is 0.0264. The molecule has 0 radical (unpaired) electrons. The molecule has 25 heavy (non-hydrogen) atoms. The SMILES string of the molecule is O=C(NC1CC1)C1CCCN1C(=O)c1csc(-c2ccc(Cl)cc2)n1. The average molecular weight is 376 g/mol. The standard InChI is InChI=1S/C18H18ClN3O2S/c19-12-5-3-11(4-6-12)17-21-14(10-25-17)18(24)22-9-1-2-15(22)16(23)20-13-7-8-13/h3-6,10,13,15H,1-2,7-9H2,(H,20,23). The quantitative estimate of drug-likeness (QED) is 0.891. The maximum atomic E-state index is 12.8. The fourth-order valence-electron chi connectivity index (χ4n) is 3.05. The summed E-state index contributed by atoms with van der Waals surface area (Å²) in [5.74, 6) is -0.189. The number of hydrogen-bond acceptors (Lipinski definition) is 4. The van der Waals surface area contributed by atoms with Crippen molar-refractivity contribution in [1.29, 1.82) is 0 Å². The fraction of sp³-hybridized carbons (Fsp3) is 0.389. The molecule has 2 aliphatic rings. The largest absolute Gasteiger partial charge is 0.352 e. The molecule has 7 heteroatoms. The molecule has 2 aromatic rings. The second-order valence-corrected chi connectivity index (χ2v) is 7.78. The van der Waals surface area contributed by atoms with Gasteiger partial charge in [-0.25, -0.2) is 4.98 Å². The molecule has 4 rings (SSSR count). The molecule has 2 fully saturated rings. The van der Waals surface area contributed by atoms with E-state index in [0.717, 1.165) is 36.3 Å². The van der Waals surface area contributed by atoms with Crippen molar-refractivity contribution < 1.29 is 9.59 Å². The van der Waals surface area contributed by atoms with Gasteiger partial charge in [0.05, 0.1) is 0 Å². The molecule has 1 unspecified atom stereocenters. The van der Waals surface area contributed by atoms with E-state index in [1.165, 1.54) is 11.3 Å². The number of rotatable bonds is 4. The monoisotopic (exact) mass is 375 g/mol. The van der Waals surface area contributed by atoms with Crippen LogP contribution in [-0.4, -0.2) is 40.3 Å². The van der Waals surface area contributed by atoms with Gasteiger partial charge in [0.1, 0.15) is 16.7 Å². The van der Waals surface area contributed by atoms with Crippen LogP contribution >= 0.6 is 22.9 Å². The van der Waals surface area contributed by atoms with E-state index >= 15 is 0 Å². The van der Waals surface area contributed by atoms with Gasteiger partial charge in [-0.05, 0) is 37.8 Å². The Labute approximate surface area is 155 Å². The number of likely N-dealkylation sites (tertiary alicyclic amines) is 1. The van der Waals surface area contributed by atoms with Gasteiger partial charge >= 0.3 is 0 Å². The van der Waals surface area contributed by atoms with E-state index in [1.54, 1.807) is 22.4 Å². The van der Waals surface area contributed by atoms with Crippen molar-refractivity contribution in [3.05, 3.63) is 40.4 Å². The lowest BCUT2D eigenvalue weighted by Crippen LogP contribution is -2.46. The van der Waals surface area contributed by atoms with Gasteiger partial charge < -0.3 is 10.2 Å². The second kappa shape index (κ2) is 6.77. The van der Waals surface area contributed by atoms with Crippen LogP contribution in [0.1, 0.15) is 36.2 Å². The highest BCUT2D eigenvalue weighted by atomic mass is 35.5. The van der Waals surface area contributed by atoms with Crippen LogP contribution in [0.15, 0.2) is 29.6 Å². The van der Waals surface area contributed by atoms with Crippen LogP contribution in [0.5, 0.6) is 0 Å². The van der Waals surface area contributed by atoms with Gasteiger partial charge in [0, 0.05) is 28.6 Å². The zero-order valence-electron chi connectivity index (χ0n) is 13.6. The number of halogens is 1. The lowest BCUT2D eigenvalue weighted by atomic mass is 10.2. The summed E-state index contributed by atoms with van der Waals surface area (Å²) in [6.07, 6.45) is 3.66. The third-order valence-electron chi connectivity index (χ3n) is 4.55. The minimum Gasteiger partial charge on any atom is -0.352 e. The lowest BCUT2D eigenvalue weighted by molar-refractivity contribution is -0.125. The summed E-state index contributed by atoms with van der Waals surface area (Å²) in [6, 6.07) is 7.32.